The number of hydrogen-bond acceptors (Lipinski definition) is 4. The molecule has 110 valence electrons. The van der Waals surface area contributed by atoms with Crippen LogP contribution in [-0.4, -0.2) is 36.7 Å². The van der Waals surface area contributed by atoms with E-state index in [1.54, 1.807) is 6.07 Å². The molecular formula is C15H23N3O2. The number of amides is 1. The zero-order valence-electron chi connectivity index (χ0n) is 12.5. The van der Waals surface area contributed by atoms with E-state index in [4.69, 9.17) is 4.74 Å². The van der Waals surface area contributed by atoms with Gasteiger partial charge in [-0.1, -0.05) is 6.92 Å². The highest BCUT2D eigenvalue weighted by Gasteiger charge is 2.29. The first-order valence-corrected chi connectivity index (χ1v) is 7.15. The number of nitrogens with one attached hydrogen (secondary N) is 2. The maximum Gasteiger partial charge on any atom is 0.251 e. The minimum Gasteiger partial charge on any atom is -0.381 e. The van der Waals surface area contributed by atoms with Crippen LogP contribution in [0.25, 0.3) is 0 Å². The van der Waals surface area contributed by atoms with E-state index >= 15 is 0 Å². The Hall–Kier alpha value is -1.62. The first-order valence-electron chi connectivity index (χ1n) is 7.15. The number of hydrogen-bond donors (Lipinski definition) is 2. The largest absolute Gasteiger partial charge is 0.381 e. The Labute approximate surface area is 120 Å². The van der Waals surface area contributed by atoms with Gasteiger partial charge in [-0.3, -0.25) is 4.79 Å². The zero-order chi connectivity index (χ0) is 14.6. The molecule has 5 heteroatoms. The van der Waals surface area contributed by atoms with Gasteiger partial charge in [0.15, 0.2) is 0 Å². The number of nitrogens with zero attached hydrogens (tertiary/aromatic N) is 1. The van der Waals surface area contributed by atoms with E-state index in [9.17, 15) is 4.79 Å². The molecule has 1 fully saturated rings. The van der Waals surface area contributed by atoms with Crippen molar-refractivity contribution < 1.29 is 9.53 Å². The molecule has 1 aromatic heterocycles. The van der Waals surface area contributed by atoms with Crippen LogP contribution in [0.1, 0.15) is 42.7 Å². The molecule has 0 aliphatic carbocycles. The lowest BCUT2D eigenvalue weighted by Crippen LogP contribution is -2.49. The van der Waals surface area contributed by atoms with Crippen LogP contribution in [0.2, 0.25) is 0 Å². The number of aromatic nitrogens is 1. The number of rotatable bonds is 4. The summed E-state index contributed by atoms with van der Waals surface area (Å²) in [5.41, 5.74) is 1.40. The lowest BCUT2D eigenvalue weighted by molar-refractivity contribution is 0.0423. The molecule has 0 atom stereocenters. The summed E-state index contributed by atoms with van der Waals surface area (Å²) in [6, 6.07) is 3.65. The second-order valence-electron chi connectivity index (χ2n) is 5.46. The van der Waals surface area contributed by atoms with Crippen molar-refractivity contribution in [3.05, 3.63) is 23.4 Å². The second kappa shape index (κ2) is 6.22. The van der Waals surface area contributed by atoms with E-state index in [2.05, 4.69) is 22.5 Å². The van der Waals surface area contributed by atoms with Crippen LogP contribution in [0.4, 0.5) is 5.82 Å². The highest BCUT2D eigenvalue weighted by molar-refractivity contribution is 5.95. The standard InChI is InChI=1S/C15H23N3O2/c1-4-12-9-11(10-13(16-3)17-12)14(19)18-15(2)5-7-20-8-6-15/h9-10H,4-8H2,1-3H3,(H,16,17)(H,18,19). The summed E-state index contributed by atoms with van der Waals surface area (Å²) < 4.78 is 5.35. The molecule has 0 unspecified atom stereocenters. The lowest BCUT2D eigenvalue weighted by Gasteiger charge is -2.34. The summed E-state index contributed by atoms with van der Waals surface area (Å²) in [6.45, 7) is 5.52. The Morgan fingerprint density at radius 2 is 2.10 bits per heavy atom. The molecule has 0 aromatic carbocycles. The van der Waals surface area contributed by atoms with Crippen molar-refractivity contribution in [1.82, 2.24) is 10.3 Å². The number of aryl methyl sites for hydroxylation is 1. The maximum absolute atomic E-state index is 12.4. The van der Waals surface area contributed by atoms with Gasteiger partial charge in [-0.05, 0) is 38.3 Å². The SMILES string of the molecule is CCc1cc(C(=O)NC2(C)CCOCC2)cc(NC)n1. The van der Waals surface area contributed by atoms with Crippen molar-refractivity contribution >= 4 is 11.7 Å². The van der Waals surface area contributed by atoms with Gasteiger partial charge in [-0.25, -0.2) is 4.98 Å². The topological polar surface area (TPSA) is 63.2 Å². The van der Waals surface area contributed by atoms with E-state index < -0.39 is 0 Å². The molecule has 1 aliphatic heterocycles. The molecule has 2 N–H and O–H groups in total. The van der Waals surface area contributed by atoms with Crippen LogP contribution in [-0.2, 0) is 11.2 Å². The zero-order valence-corrected chi connectivity index (χ0v) is 12.5. The monoisotopic (exact) mass is 277 g/mol. The van der Waals surface area contributed by atoms with Gasteiger partial charge < -0.3 is 15.4 Å². The molecular weight excluding hydrogens is 254 g/mol. The molecule has 0 spiro atoms. The Kier molecular flexibility index (Phi) is 4.60. The van der Waals surface area contributed by atoms with Crippen LogP contribution in [0, 0.1) is 0 Å². The highest BCUT2D eigenvalue weighted by Crippen LogP contribution is 2.21. The second-order valence-corrected chi connectivity index (χ2v) is 5.46. The predicted molar refractivity (Wildman–Crippen MR) is 79.1 cm³/mol. The predicted octanol–water partition coefficient (Wildman–Crippen LogP) is 1.98. The van der Waals surface area contributed by atoms with Crippen molar-refractivity contribution in [2.75, 3.05) is 25.6 Å². The molecule has 2 rings (SSSR count). The van der Waals surface area contributed by atoms with E-state index in [0.29, 0.717) is 18.8 Å². The van der Waals surface area contributed by atoms with Crippen molar-refractivity contribution in [3.63, 3.8) is 0 Å². The molecule has 1 amide bonds. The Morgan fingerprint density at radius 3 is 2.70 bits per heavy atom. The summed E-state index contributed by atoms with van der Waals surface area (Å²) in [5, 5.41) is 6.14. The smallest absolute Gasteiger partial charge is 0.251 e. The Bertz CT molecular complexity index is 460. The highest BCUT2D eigenvalue weighted by atomic mass is 16.5. The van der Waals surface area contributed by atoms with Crippen LogP contribution >= 0.6 is 0 Å². The lowest BCUT2D eigenvalue weighted by atomic mass is 9.92. The number of anilines is 1. The summed E-state index contributed by atoms with van der Waals surface area (Å²) >= 11 is 0. The fourth-order valence-corrected chi connectivity index (χ4v) is 2.32. The fraction of sp³-hybridized carbons (Fsp3) is 0.600. The molecule has 20 heavy (non-hydrogen) atoms. The minimum absolute atomic E-state index is 0.0389. The van der Waals surface area contributed by atoms with Gasteiger partial charge in [-0.2, -0.15) is 0 Å². The minimum atomic E-state index is -0.176. The Balaban J connectivity index is 2.15. The van der Waals surface area contributed by atoms with Gasteiger partial charge in [0.05, 0.1) is 0 Å². The third-order valence-electron chi connectivity index (χ3n) is 3.77. The molecule has 0 saturated carbocycles. The summed E-state index contributed by atoms with van der Waals surface area (Å²) in [6.07, 6.45) is 2.51. The number of carbonyl (C=O) groups is 1. The van der Waals surface area contributed by atoms with Gasteiger partial charge in [-0.15, -0.1) is 0 Å². The van der Waals surface area contributed by atoms with Crippen LogP contribution in [0.3, 0.4) is 0 Å². The van der Waals surface area contributed by atoms with E-state index in [1.165, 1.54) is 0 Å². The summed E-state index contributed by atoms with van der Waals surface area (Å²) in [7, 11) is 1.81. The van der Waals surface area contributed by atoms with Crippen LogP contribution in [0.5, 0.6) is 0 Å². The molecule has 1 aliphatic rings. The quantitative estimate of drug-likeness (QED) is 0.883. The van der Waals surface area contributed by atoms with Gasteiger partial charge >= 0.3 is 0 Å². The first-order chi connectivity index (χ1) is 9.56. The van der Waals surface area contributed by atoms with E-state index in [-0.39, 0.29) is 11.4 Å². The van der Waals surface area contributed by atoms with Gasteiger partial charge in [0.25, 0.3) is 5.91 Å². The molecule has 1 aromatic rings. The van der Waals surface area contributed by atoms with Crippen molar-refractivity contribution in [2.24, 2.45) is 0 Å². The summed E-state index contributed by atoms with van der Waals surface area (Å²) in [4.78, 5) is 16.9. The third kappa shape index (κ3) is 3.48. The average molecular weight is 277 g/mol. The molecule has 5 nitrogen and oxygen atoms in total. The summed E-state index contributed by atoms with van der Waals surface area (Å²) in [5.74, 6) is 0.689. The molecule has 2 heterocycles. The third-order valence-corrected chi connectivity index (χ3v) is 3.77. The first kappa shape index (κ1) is 14.8. The number of ether oxygens (including phenoxy) is 1. The van der Waals surface area contributed by atoms with Crippen molar-refractivity contribution in [3.8, 4) is 0 Å². The van der Waals surface area contributed by atoms with E-state index in [0.717, 1.165) is 30.8 Å². The van der Waals surface area contributed by atoms with E-state index in [1.807, 2.05) is 20.0 Å². The average Bonchev–Trinajstić information content (AvgIpc) is 2.46. The van der Waals surface area contributed by atoms with Crippen molar-refractivity contribution in [1.29, 1.82) is 0 Å². The normalized spacial score (nSPS) is 17.6. The molecule has 1 saturated heterocycles. The molecule has 0 bridgehead atoms. The van der Waals surface area contributed by atoms with Gasteiger partial charge in [0.1, 0.15) is 5.82 Å². The van der Waals surface area contributed by atoms with Gasteiger partial charge in [0.2, 0.25) is 0 Å². The van der Waals surface area contributed by atoms with Crippen LogP contribution in [0.15, 0.2) is 12.1 Å². The molecule has 0 radical (unpaired) electrons. The maximum atomic E-state index is 12.4. The number of carbonyl (C=O) groups excluding carboxylic acids is 1. The number of pyridine rings is 1. The fourth-order valence-electron chi connectivity index (χ4n) is 2.32. The van der Waals surface area contributed by atoms with Gasteiger partial charge in [0, 0.05) is 37.1 Å². The Morgan fingerprint density at radius 1 is 1.40 bits per heavy atom. The van der Waals surface area contributed by atoms with Crippen LogP contribution < -0.4 is 10.6 Å². The van der Waals surface area contributed by atoms with Crippen molar-refractivity contribution in [2.45, 2.75) is 38.6 Å².